The Hall–Kier alpha value is -3.08. The van der Waals surface area contributed by atoms with Crippen LogP contribution in [0.3, 0.4) is 0 Å². The van der Waals surface area contributed by atoms with E-state index in [0.717, 1.165) is 61.1 Å². The maximum atomic E-state index is 5.87. The van der Waals surface area contributed by atoms with E-state index in [2.05, 4.69) is 75.1 Å². The van der Waals surface area contributed by atoms with E-state index in [4.69, 9.17) is 9.72 Å². The predicted molar refractivity (Wildman–Crippen MR) is 154 cm³/mol. The highest BCUT2D eigenvalue weighted by Gasteiger charge is 2.22. The van der Waals surface area contributed by atoms with Crippen molar-refractivity contribution >= 4 is 16.7 Å². The van der Waals surface area contributed by atoms with Crippen molar-refractivity contribution in [2.24, 2.45) is 0 Å². The van der Waals surface area contributed by atoms with Crippen molar-refractivity contribution in [3.05, 3.63) is 59.5 Å². The number of ether oxygens (including phenoxy) is 1. The van der Waals surface area contributed by atoms with Crippen molar-refractivity contribution in [3.63, 3.8) is 0 Å². The van der Waals surface area contributed by atoms with E-state index in [0.29, 0.717) is 18.5 Å². The number of unbranched alkanes of at least 4 members (excludes halogenated alkanes) is 1. The van der Waals surface area contributed by atoms with Gasteiger partial charge in [0, 0.05) is 24.5 Å². The first-order valence-electron chi connectivity index (χ1n) is 13.5. The van der Waals surface area contributed by atoms with E-state index >= 15 is 0 Å². The number of hydrogen-bond acceptors (Lipinski definition) is 4. The van der Waals surface area contributed by atoms with Crippen LogP contribution in [0.15, 0.2) is 48.2 Å². The molecule has 1 N–H and O–H groups in total. The van der Waals surface area contributed by atoms with E-state index < -0.39 is 0 Å². The third-order valence-electron chi connectivity index (χ3n) is 6.76. The molecule has 3 rings (SSSR count). The number of anilines is 1. The fraction of sp³-hybridized carbons (Fsp3) is 0.484. The van der Waals surface area contributed by atoms with E-state index in [-0.39, 0.29) is 0 Å². The summed E-state index contributed by atoms with van der Waals surface area (Å²) in [6, 6.07) is 6.56. The molecule has 0 amide bonds. The summed E-state index contributed by atoms with van der Waals surface area (Å²) in [4.78, 5) is 9.70. The molecule has 0 aromatic carbocycles. The Morgan fingerprint density at radius 1 is 1.25 bits per heavy atom. The van der Waals surface area contributed by atoms with Crippen LogP contribution >= 0.6 is 0 Å². The summed E-state index contributed by atoms with van der Waals surface area (Å²) in [5.41, 5.74) is 10.3. The molecule has 0 aliphatic rings. The molecular formula is C31H44N4O. The number of aryl methyl sites for hydroxylation is 1. The van der Waals surface area contributed by atoms with Gasteiger partial charge in [-0.1, -0.05) is 51.0 Å². The lowest BCUT2D eigenvalue weighted by molar-refractivity contribution is 0.328. The molecule has 0 aliphatic carbocycles. The average Bonchev–Trinajstić information content (AvgIpc) is 3.16. The van der Waals surface area contributed by atoms with Crippen molar-refractivity contribution in [3.8, 4) is 17.1 Å². The van der Waals surface area contributed by atoms with E-state index in [1.807, 2.05) is 19.1 Å². The maximum Gasteiger partial charge on any atom is 0.222 e. The Bertz CT molecular complexity index is 1220. The minimum absolute atomic E-state index is 0.382. The highest BCUT2D eigenvalue weighted by atomic mass is 16.5. The normalized spacial score (nSPS) is 12.7. The van der Waals surface area contributed by atoms with Crippen molar-refractivity contribution in [2.45, 2.75) is 86.6 Å². The number of nitrogens with one attached hydrogen (secondary N) is 1. The molecular weight excluding hydrogens is 444 g/mol. The quantitative estimate of drug-likeness (QED) is 0.245. The molecule has 3 aromatic rings. The molecule has 0 aliphatic heterocycles. The van der Waals surface area contributed by atoms with Gasteiger partial charge in [-0.25, -0.2) is 9.97 Å². The Morgan fingerprint density at radius 3 is 2.67 bits per heavy atom. The van der Waals surface area contributed by atoms with Gasteiger partial charge in [0.25, 0.3) is 0 Å². The molecule has 0 saturated carbocycles. The Kier molecular flexibility index (Phi) is 9.74. The second-order valence-electron chi connectivity index (χ2n) is 9.73. The lowest BCUT2D eigenvalue weighted by atomic mass is 10.1. The number of nitrogens with zero attached hydrogens (tertiary/aromatic N) is 3. The zero-order valence-corrected chi connectivity index (χ0v) is 23.4. The summed E-state index contributed by atoms with van der Waals surface area (Å²) < 4.78 is 8.37. The number of hydrogen-bond donors (Lipinski definition) is 1. The van der Waals surface area contributed by atoms with Crippen LogP contribution in [0.4, 0.5) is 5.69 Å². The third-order valence-corrected chi connectivity index (χ3v) is 6.76. The van der Waals surface area contributed by atoms with Gasteiger partial charge in [-0.3, -0.25) is 0 Å². The van der Waals surface area contributed by atoms with Crippen LogP contribution in [-0.2, 0) is 6.42 Å². The number of pyridine rings is 2. The highest BCUT2D eigenvalue weighted by molar-refractivity contribution is 5.95. The van der Waals surface area contributed by atoms with Crippen molar-refractivity contribution in [1.29, 1.82) is 0 Å². The number of rotatable bonds is 13. The van der Waals surface area contributed by atoms with Crippen LogP contribution in [0.5, 0.6) is 5.88 Å². The van der Waals surface area contributed by atoms with Crippen LogP contribution < -0.4 is 10.1 Å². The highest BCUT2D eigenvalue weighted by Crippen LogP contribution is 2.38. The van der Waals surface area contributed by atoms with Gasteiger partial charge >= 0.3 is 0 Å². The fourth-order valence-corrected chi connectivity index (χ4v) is 4.86. The number of aromatic nitrogens is 3. The lowest BCUT2D eigenvalue weighted by Gasteiger charge is -2.20. The van der Waals surface area contributed by atoms with Crippen LogP contribution in [0.1, 0.15) is 84.5 Å². The van der Waals surface area contributed by atoms with Crippen molar-refractivity contribution in [1.82, 2.24) is 14.5 Å². The largest absolute Gasteiger partial charge is 0.477 e. The van der Waals surface area contributed by atoms with Gasteiger partial charge in [-0.05, 0) is 77.1 Å². The first-order chi connectivity index (χ1) is 17.4. The summed E-state index contributed by atoms with van der Waals surface area (Å²) in [7, 11) is 0. The topological polar surface area (TPSA) is 52.0 Å². The first-order valence-corrected chi connectivity index (χ1v) is 13.5. The van der Waals surface area contributed by atoms with Crippen LogP contribution in [0, 0.1) is 6.92 Å². The molecule has 194 valence electrons. The summed E-state index contributed by atoms with van der Waals surface area (Å²) in [6.45, 7) is 20.8. The molecule has 0 bridgehead atoms. The fourth-order valence-electron chi connectivity index (χ4n) is 4.86. The van der Waals surface area contributed by atoms with Crippen LogP contribution in [0.2, 0.25) is 0 Å². The minimum Gasteiger partial charge on any atom is -0.477 e. The predicted octanol–water partition coefficient (Wildman–Crippen LogP) is 8.44. The molecule has 5 nitrogen and oxygen atoms in total. The first kappa shape index (κ1) is 27.5. The second kappa shape index (κ2) is 12.8. The van der Waals surface area contributed by atoms with Crippen LogP contribution in [-0.4, -0.2) is 27.7 Å². The monoisotopic (exact) mass is 488 g/mol. The van der Waals surface area contributed by atoms with Gasteiger partial charge in [-0.15, -0.1) is 0 Å². The smallest absolute Gasteiger partial charge is 0.222 e. The number of allylic oxidation sites excluding steroid dienone is 2. The average molecular weight is 489 g/mol. The molecule has 1 atom stereocenters. The zero-order valence-electron chi connectivity index (χ0n) is 23.4. The molecule has 5 heteroatoms. The molecule has 3 aromatic heterocycles. The summed E-state index contributed by atoms with van der Waals surface area (Å²) in [5.74, 6) is 0.623. The van der Waals surface area contributed by atoms with E-state index in [1.54, 1.807) is 6.20 Å². The molecule has 36 heavy (non-hydrogen) atoms. The summed E-state index contributed by atoms with van der Waals surface area (Å²) >= 11 is 0. The minimum atomic E-state index is 0.382. The third kappa shape index (κ3) is 6.00. The van der Waals surface area contributed by atoms with Crippen molar-refractivity contribution in [2.75, 3.05) is 18.5 Å². The van der Waals surface area contributed by atoms with Gasteiger partial charge < -0.3 is 14.6 Å². The molecule has 0 saturated heterocycles. The van der Waals surface area contributed by atoms with Gasteiger partial charge in [0.2, 0.25) is 5.88 Å². The van der Waals surface area contributed by atoms with E-state index in [9.17, 15) is 0 Å². The molecule has 0 radical (unpaired) electrons. The lowest BCUT2D eigenvalue weighted by Crippen LogP contribution is -2.11. The second-order valence-corrected chi connectivity index (χ2v) is 9.73. The zero-order chi connectivity index (χ0) is 26.2. The molecule has 1 unspecified atom stereocenters. The van der Waals surface area contributed by atoms with Crippen molar-refractivity contribution < 1.29 is 4.74 Å². The SMILES string of the molecule is C=C(C)C/C(=C\CCC)CNc1cc(-c2cccnc2OCC)nc2c(C)c(CC)n(C(C)CC)c12. The number of fused-ring (bicyclic) bond motifs is 1. The van der Waals surface area contributed by atoms with Crippen LogP contribution in [0.25, 0.3) is 22.3 Å². The van der Waals surface area contributed by atoms with Gasteiger partial charge in [0.1, 0.15) is 0 Å². The molecule has 3 heterocycles. The van der Waals surface area contributed by atoms with Gasteiger partial charge in [-0.2, -0.15) is 0 Å². The van der Waals surface area contributed by atoms with Gasteiger partial charge in [0.05, 0.1) is 34.6 Å². The van der Waals surface area contributed by atoms with Gasteiger partial charge in [0.15, 0.2) is 0 Å². The van der Waals surface area contributed by atoms with E-state index in [1.165, 1.54) is 27.9 Å². The summed E-state index contributed by atoms with van der Waals surface area (Å²) in [6.07, 6.45) is 9.30. The Balaban J connectivity index is 2.23. The Morgan fingerprint density at radius 2 is 2.03 bits per heavy atom. The molecule has 0 fully saturated rings. The standard InChI is InChI=1S/C31H44N4O/c1-9-13-15-24(18-21(5)6)20-33-27-19-26(25-16-14-17-32-31(25)36-12-4)34-29-23(8)28(11-3)35(30(27)29)22(7)10-2/h14-17,19,22H,5,9-13,18,20H2,1-4,6-8H3,(H,33,34)/b24-15+. The summed E-state index contributed by atoms with van der Waals surface area (Å²) in [5, 5.41) is 3.82. The molecule has 0 spiro atoms. The Labute approximate surface area is 217 Å². The maximum absolute atomic E-state index is 5.87.